The molecule has 0 aliphatic heterocycles. The maximum Gasteiger partial charge on any atom is 0.407 e. The van der Waals surface area contributed by atoms with E-state index in [0.717, 1.165) is 12.0 Å². The number of benzene rings is 1. The number of aryl methyl sites for hydroxylation is 1. The smallest absolute Gasteiger partial charge is 0.407 e. The fourth-order valence-electron chi connectivity index (χ4n) is 3.32. The van der Waals surface area contributed by atoms with E-state index in [2.05, 4.69) is 34.5 Å². The van der Waals surface area contributed by atoms with E-state index in [-0.39, 0.29) is 0 Å². The van der Waals surface area contributed by atoms with Crippen LogP contribution < -0.4 is 5.32 Å². The van der Waals surface area contributed by atoms with Gasteiger partial charge in [-0.1, -0.05) is 87.4 Å². The van der Waals surface area contributed by atoms with Crippen molar-refractivity contribution in [1.82, 2.24) is 15.5 Å². The van der Waals surface area contributed by atoms with Crippen molar-refractivity contribution >= 4 is 12.2 Å². The molecule has 0 spiro atoms. The number of hydrogen-bond donors (Lipinski definition) is 1. The molecular weight excluding hydrogens is 402 g/mol. The number of aromatic nitrogens is 2. The van der Waals surface area contributed by atoms with Gasteiger partial charge in [-0.05, 0) is 39.2 Å². The minimum Gasteiger partial charge on any atom is -0.444 e. The highest BCUT2D eigenvalue weighted by atomic mass is 16.6. The topological polar surface area (TPSA) is 77.2 Å². The zero-order valence-corrected chi connectivity index (χ0v) is 20.2. The molecule has 6 nitrogen and oxygen atoms in total. The number of nitrogens with one attached hydrogen (secondary N) is 1. The molecule has 2 aromatic rings. The van der Waals surface area contributed by atoms with Crippen molar-refractivity contribution in [3.8, 4) is 11.4 Å². The summed E-state index contributed by atoms with van der Waals surface area (Å²) in [6.45, 7) is 8.05. The Kier molecular flexibility index (Phi) is 11.0. The molecule has 1 amide bonds. The second-order valence-electron chi connectivity index (χ2n) is 9.16. The van der Waals surface area contributed by atoms with Gasteiger partial charge in [0.05, 0.1) is 0 Å². The lowest BCUT2D eigenvalue weighted by Gasteiger charge is -2.19. The first-order chi connectivity index (χ1) is 15.4. The Morgan fingerprint density at radius 2 is 1.69 bits per heavy atom. The first-order valence-electron chi connectivity index (χ1n) is 11.9. The van der Waals surface area contributed by atoms with E-state index in [0.29, 0.717) is 18.3 Å². The fourth-order valence-corrected chi connectivity index (χ4v) is 3.32. The van der Waals surface area contributed by atoms with Crippen LogP contribution in [0.4, 0.5) is 4.79 Å². The van der Waals surface area contributed by atoms with Gasteiger partial charge in [0.2, 0.25) is 5.82 Å². The van der Waals surface area contributed by atoms with Crippen molar-refractivity contribution in [3.63, 3.8) is 0 Å². The summed E-state index contributed by atoms with van der Waals surface area (Å²) in [5, 5.41) is 6.70. The summed E-state index contributed by atoms with van der Waals surface area (Å²) < 4.78 is 10.5. The minimum absolute atomic E-state index is 0.320. The Hall–Kier alpha value is -2.63. The quantitative estimate of drug-likeness (QED) is 0.340. The number of alkyl carbamates (subject to hydrolysis) is 1. The molecule has 1 N–H and O–H groups in total. The third-order valence-electron chi connectivity index (χ3n) is 5.00. The Labute approximate surface area is 192 Å². The summed E-state index contributed by atoms with van der Waals surface area (Å²) in [7, 11) is 0. The number of carbonyl (C=O) groups excluding carboxylic acids is 1. The second-order valence-corrected chi connectivity index (χ2v) is 9.16. The standard InChI is InChI=1S/C26H39N3O3/c1-5-6-7-8-9-10-11-12-14-21-16-18-22(19-17-21)24-28-23(32-29-24)15-13-20-27-25(30)31-26(2,3)4/h13,15-19H,5-12,14,20H2,1-4H3,(H,27,30)/b15-13+. The third-order valence-corrected chi connectivity index (χ3v) is 5.00. The number of unbranched alkanes of at least 4 members (excludes halogenated alkanes) is 7. The predicted molar refractivity (Wildman–Crippen MR) is 129 cm³/mol. The first-order valence-corrected chi connectivity index (χ1v) is 11.9. The van der Waals surface area contributed by atoms with E-state index in [1.54, 1.807) is 12.2 Å². The maximum absolute atomic E-state index is 11.6. The number of carbonyl (C=O) groups is 1. The zero-order chi connectivity index (χ0) is 23.2. The highest BCUT2D eigenvalue weighted by Crippen LogP contribution is 2.18. The Bertz CT molecular complexity index is 820. The highest BCUT2D eigenvalue weighted by molar-refractivity contribution is 5.68. The largest absolute Gasteiger partial charge is 0.444 e. The summed E-state index contributed by atoms with van der Waals surface area (Å²) in [6, 6.07) is 8.38. The van der Waals surface area contributed by atoms with Crippen LogP contribution in [-0.2, 0) is 11.2 Å². The van der Waals surface area contributed by atoms with Gasteiger partial charge in [0.25, 0.3) is 5.89 Å². The van der Waals surface area contributed by atoms with E-state index in [1.807, 2.05) is 32.9 Å². The average Bonchev–Trinajstić information content (AvgIpc) is 3.21. The molecule has 6 heteroatoms. The van der Waals surface area contributed by atoms with Gasteiger partial charge in [0.15, 0.2) is 0 Å². The number of amides is 1. The van der Waals surface area contributed by atoms with Crippen LogP contribution in [0, 0.1) is 0 Å². The molecule has 0 radical (unpaired) electrons. The third kappa shape index (κ3) is 10.6. The van der Waals surface area contributed by atoms with Gasteiger partial charge in [0.1, 0.15) is 5.60 Å². The first kappa shape index (κ1) is 25.6. The monoisotopic (exact) mass is 441 g/mol. The van der Waals surface area contributed by atoms with Gasteiger partial charge < -0.3 is 14.6 Å². The summed E-state index contributed by atoms with van der Waals surface area (Å²) in [4.78, 5) is 16.0. The summed E-state index contributed by atoms with van der Waals surface area (Å²) in [5.41, 5.74) is 1.76. The molecule has 0 unspecified atom stereocenters. The lowest BCUT2D eigenvalue weighted by molar-refractivity contribution is 0.0534. The Balaban J connectivity index is 1.70. The molecule has 1 aromatic heterocycles. The van der Waals surface area contributed by atoms with Crippen LogP contribution >= 0.6 is 0 Å². The van der Waals surface area contributed by atoms with E-state index in [4.69, 9.17) is 9.26 Å². The van der Waals surface area contributed by atoms with Crippen LogP contribution in [0.5, 0.6) is 0 Å². The SMILES string of the molecule is CCCCCCCCCCc1ccc(-c2noc(/C=C/CNC(=O)OC(C)(C)C)n2)cc1. The second kappa shape index (κ2) is 13.7. The summed E-state index contributed by atoms with van der Waals surface area (Å²) in [6.07, 6.45) is 14.8. The number of nitrogens with zero attached hydrogens (tertiary/aromatic N) is 2. The molecule has 2 rings (SSSR count). The lowest BCUT2D eigenvalue weighted by Crippen LogP contribution is -2.32. The van der Waals surface area contributed by atoms with Gasteiger partial charge in [-0.2, -0.15) is 4.98 Å². The summed E-state index contributed by atoms with van der Waals surface area (Å²) in [5.74, 6) is 0.956. The molecule has 176 valence electrons. The zero-order valence-electron chi connectivity index (χ0n) is 20.2. The van der Waals surface area contributed by atoms with Crippen molar-refractivity contribution in [2.24, 2.45) is 0 Å². The Morgan fingerprint density at radius 1 is 1.03 bits per heavy atom. The predicted octanol–water partition coefficient (Wildman–Crippen LogP) is 6.96. The molecule has 0 atom stereocenters. The molecule has 0 saturated carbocycles. The normalized spacial score (nSPS) is 11.8. The van der Waals surface area contributed by atoms with Crippen LogP contribution in [0.3, 0.4) is 0 Å². The van der Waals surface area contributed by atoms with Gasteiger partial charge in [0, 0.05) is 18.2 Å². The molecular formula is C26H39N3O3. The Morgan fingerprint density at radius 3 is 2.34 bits per heavy atom. The van der Waals surface area contributed by atoms with Crippen molar-refractivity contribution in [1.29, 1.82) is 0 Å². The van der Waals surface area contributed by atoms with Crippen LogP contribution in [0.15, 0.2) is 34.9 Å². The molecule has 0 fully saturated rings. The highest BCUT2D eigenvalue weighted by Gasteiger charge is 2.15. The molecule has 32 heavy (non-hydrogen) atoms. The van der Waals surface area contributed by atoms with E-state index in [1.165, 1.54) is 56.9 Å². The molecule has 1 heterocycles. The van der Waals surface area contributed by atoms with Crippen LogP contribution in [-0.4, -0.2) is 28.4 Å². The van der Waals surface area contributed by atoms with Crippen molar-refractivity contribution < 1.29 is 14.1 Å². The number of ether oxygens (including phenoxy) is 1. The maximum atomic E-state index is 11.6. The van der Waals surface area contributed by atoms with Gasteiger partial charge in [-0.3, -0.25) is 0 Å². The van der Waals surface area contributed by atoms with E-state index in [9.17, 15) is 4.79 Å². The molecule has 1 aromatic carbocycles. The van der Waals surface area contributed by atoms with Crippen LogP contribution in [0.25, 0.3) is 17.5 Å². The molecule has 0 aliphatic rings. The van der Waals surface area contributed by atoms with Crippen molar-refractivity contribution in [3.05, 3.63) is 41.8 Å². The van der Waals surface area contributed by atoms with Crippen molar-refractivity contribution in [2.75, 3.05) is 6.54 Å². The van der Waals surface area contributed by atoms with Gasteiger partial charge >= 0.3 is 6.09 Å². The molecule has 0 aliphatic carbocycles. The van der Waals surface area contributed by atoms with E-state index < -0.39 is 11.7 Å². The fraction of sp³-hybridized carbons (Fsp3) is 0.577. The number of hydrogen-bond acceptors (Lipinski definition) is 5. The van der Waals surface area contributed by atoms with Crippen LogP contribution in [0.1, 0.15) is 90.5 Å². The molecule has 0 saturated heterocycles. The molecule has 0 bridgehead atoms. The van der Waals surface area contributed by atoms with E-state index >= 15 is 0 Å². The van der Waals surface area contributed by atoms with Crippen molar-refractivity contribution in [2.45, 2.75) is 91.1 Å². The van der Waals surface area contributed by atoms with Gasteiger partial charge in [-0.25, -0.2) is 4.79 Å². The summed E-state index contributed by atoms with van der Waals surface area (Å²) >= 11 is 0. The lowest BCUT2D eigenvalue weighted by atomic mass is 10.0. The van der Waals surface area contributed by atoms with Gasteiger partial charge in [-0.15, -0.1) is 0 Å². The number of rotatable bonds is 13. The van der Waals surface area contributed by atoms with Crippen LogP contribution in [0.2, 0.25) is 0 Å². The average molecular weight is 442 g/mol. The minimum atomic E-state index is -0.515.